The van der Waals surface area contributed by atoms with Gasteiger partial charge in [-0.25, -0.2) is 0 Å². The molecule has 2 N–H and O–H groups in total. The molecule has 0 saturated heterocycles. The SMILES string of the molecule is CN1C(=O)C2(OC(N)=C(C#N)C23C(=O)N(Cc2ccccc2)c2ccccc23)c2ccccc21. The summed E-state index contributed by atoms with van der Waals surface area (Å²) in [5.74, 6) is -1.05. The number of nitriles is 1. The van der Waals surface area contributed by atoms with Crippen LogP contribution in [0.2, 0.25) is 0 Å². The first-order chi connectivity index (χ1) is 16.5. The highest BCUT2D eigenvalue weighted by Crippen LogP contribution is 2.65. The van der Waals surface area contributed by atoms with Crippen LogP contribution in [0, 0.1) is 11.3 Å². The Bertz CT molecular complexity index is 1460. The molecule has 7 nitrogen and oxygen atoms in total. The summed E-state index contributed by atoms with van der Waals surface area (Å²) in [4.78, 5) is 31.7. The van der Waals surface area contributed by atoms with E-state index in [0.29, 0.717) is 22.5 Å². The summed E-state index contributed by atoms with van der Waals surface area (Å²) in [7, 11) is 1.64. The quantitative estimate of drug-likeness (QED) is 0.650. The number of nitrogens with zero attached hydrogens (tertiary/aromatic N) is 3. The van der Waals surface area contributed by atoms with Gasteiger partial charge < -0.3 is 20.3 Å². The zero-order chi connectivity index (χ0) is 23.7. The summed E-state index contributed by atoms with van der Waals surface area (Å²) in [6, 6.07) is 26.1. The molecule has 2 atom stereocenters. The van der Waals surface area contributed by atoms with Crippen LogP contribution in [0.4, 0.5) is 11.4 Å². The van der Waals surface area contributed by atoms with Gasteiger partial charge >= 0.3 is 0 Å². The van der Waals surface area contributed by atoms with Crippen LogP contribution in [-0.2, 0) is 31.9 Å². The molecular weight excluding hydrogens is 428 g/mol. The molecule has 3 heterocycles. The number of hydrogen-bond donors (Lipinski definition) is 1. The molecule has 7 heteroatoms. The van der Waals surface area contributed by atoms with Crippen molar-refractivity contribution in [3.63, 3.8) is 0 Å². The fraction of sp³-hybridized carbons (Fsp3) is 0.148. The van der Waals surface area contributed by atoms with Crippen LogP contribution in [0.1, 0.15) is 16.7 Å². The third-order valence-corrected chi connectivity index (χ3v) is 7.12. The van der Waals surface area contributed by atoms with Gasteiger partial charge in [-0.1, -0.05) is 66.7 Å². The maximum atomic E-state index is 14.6. The highest BCUT2D eigenvalue weighted by Gasteiger charge is 2.78. The summed E-state index contributed by atoms with van der Waals surface area (Å²) in [5.41, 5.74) is 5.89. The van der Waals surface area contributed by atoms with Gasteiger partial charge in [-0.05, 0) is 17.7 Å². The number of carbonyl (C=O) groups excluding carboxylic acids is 2. The predicted molar refractivity (Wildman–Crippen MR) is 125 cm³/mol. The largest absolute Gasteiger partial charge is 0.455 e. The normalized spacial score (nSPS) is 24.6. The van der Waals surface area contributed by atoms with E-state index in [1.807, 2.05) is 48.5 Å². The zero-order valence-electron chi connectivity index (χ0n) is 18.4. The standard InChI is InChI=1S/C27H20N4O3/c1-30-21-13-7-6-12-19(21)27(25(30)33)26(20(15-28)23(29)34-27)18-11-5-8-14-22(18)31(24(26)32)16-17-9-3-2-4-10-17/h2-14H,16,29H2,1H3. The lowest BCUT2D eigenvalue weighted by atomic mass is 9.62. The number of para-hydroxylation sites is 2. The second kappa shape index (κ2) is 6.72. The van der Waals surface area contributed by atoms with Crippen molar-refractivity contribution < 1.29 is 14.3 Å². The molecule has 3 aliphatic heterocycles. The van der Waals surface area contributed by atoms with Crippen LogP contribution in [0.3, 0.4) is 0 Å². The van der Waals surface area contributed by atoms with Crippen molar-refractivity contribution in [3.05, 3.63) is 107 Å². The molecule has 3 aromatic rings. The molecule has 3 aromatic carbocycles. The first-order valence-electron chi connectivity index (χ1n) is 10.9. The number of likely N-dealkylation sites (N-methyl/N-ethyl adjacent to an activating group) is 1. The van der Waals surface area contributed by atoms with Gasteiger partial charge in [-0.2, -0.15) is 5.26 Å². The zero-order valence-corrected chi connectivity index (χ0v) is 18.4. The van der Waals surface area contributed by atoms with Gasteiger partial charge in [0.1, 0.15) is 11.6 Å². The maximum absolute atomic E-state index is 14.6. The number of amides is 2. The van der Waals surface area contributed by atoms with E-state index in [0.717, 1.165) is 5.56 Å². The molecule has 0 aliphatic carbocycles. The molecule has 166 valence electrons. The van der Waals surface area contributed by atoms with Gasteiger partial charge in [-0.15, -0.1) is 0 Å². The van der Waals surface area contributed by atoms with Crippen molar-refractivity contribution in [2.75, 3.05) is 16.8 Å². The predicted octanol–water partition coefficient (Wildman–Crippen LogP) is 3.07. The molecule has 0 radical (unpaired) electrons. The average Bonchev–Trinajstić information content (AvgIpc) is 3.37. The molecule has 2 unspecified atom stereocenters. The average molecular weight is 448 g/mol. The highest BCUT2D eigenvalue weighted by atomic mass is 16.5. The molecule has 0 bridgehead atoms. The molecule has 3 aliphatic rings. The van der Waals surface area contributed by atoms with Crippen molar-refractivity contribution >= 4 is 23.2 Å². The number of rotatable bonds is 2. The number of hydrogen-bond acceptors (Lipinski definition) is 5. The van der Waals surface area contributed by atoms with Crippen molar-refractivity contribution in [3.8, 4) is 6.07 Å². The van der Waals surface area contributed by atoms with Gasteiger partial charge in [0, 0.05) is 23.9 Å². The lowest BCUT2D eigenvalue weighted by Crippen LogP contribution is -2.58. The number of anilines is 2. The second-order valence-electron chi connectivity index (χ2n) is 8.66. The number of benzene rings is 3. The fourth-order valence-corrected chi connectivity index (χ4v) is 5.74. The minimum absolute atomic E-state index is 0.0426. The topological polar surface area (TPSA) is 99.7 Å². The van der Waals surface area contributed by atoms with Crippen LogP contribution in [0.5, 0.6) is 0 Å². The van der Waals surface area contributed by atoms with Crippen LogP contribution >= 0.6 is 0 Å². The summed E-state index contributed by atoms with van der Waals surface area (Å²) < 4.78 is 6.18. The lowest BCUT2D eigenvalue weighted by molar-refractivity contribution is -0.148. The minimum atomic E-state index is -1.81. The van der Waals surface area contributed by atoms with Crippen molar-refractivity contribution in [2.24, 2.45) is 5.73 Å². The third-order valence-electron chi connectivity index (χ3n) is 7.12. The van der Waals surface area contributed by atoms with E-state index in [4.69, 9.17) is 10.5 Å². The van der Waals surface area contributed by atoms with Gasteiger partial charge in [0.15, 0.2) is 5.41 Å². The van der Waals surface area contributed by atoms with Crippen molar-refractivity contribution in [1.29, 1.82) is 5.26 Å². The van der Waals surface area contributed by atoms with Crippen molar-refractivity contribution in [2.45, 2.75) is 17.6 Å². The molecule has 2 amide bonds. The molecule has 0 aromatic heterocycles. The monoisotopic (exact) mass is 448 g/mol. The lowest BCUT2D eigenvalue weighted by Gasteiger charge is -2.37. The van der Waals surface area contributed by atoms with E-state index in [1.54, 1.807) is 42.3 Å². The molecule has 2 spiro atoms. The maximum Gasteiger partial charge on any atom is 0.277 e. The Morgan fingerprint density at radius 2 is 1.50 bits per heavy atom. The first kappa shape index (κ1) is 20.1. The van der Waals surface area contributed by atoms with E-state index in [-0.39, 0.29) is 18.0 Å². The number of carbonyl (C=O) groups is 2. The van der Waals surface area contributed by atoms with E-state index in [2.05, 4.69) is 6.07 Å². The van der Waals surface area contributed by atoms with Gasteiger partial charge in [0.2, 0.25) is 17.4 Å². The Kier molecular flexibility index (Phi) is 3.96. The van der Waals surface area contributed by atoms with Gasteiger partial charge in [0.25, 0.3) is 5.91 Å². The Hall–Kier alpha value is -4.57. The van der Waals surface area contributed by atoms with Gasteiger partial charge in [-0.3, -0.25) is 9.59 Å². The van der Waals surface area contributed by atoms with Crippen molar-refractivity contribution in [1.82, 2.24) is 0 Å². The summed E-state index contributed by atoms with van der Waals surface area (Å²) in [6.07, 6.45) is 0. The molecule has 6 rings (SSSR count). The van der Waals surface area contributed by atoms with E-state index in [9.17, 15) is 14.9 Å². The Morgan fingerprint density at radius 3 is 2.21 bits per heavy atom. The number of ether oxygens (including phenoxy) is 1. The molecule has 34 heavy (non-hydrogen) atoms. The summed E-state index contributed by atoms with van der Waals surface area (Å²) in [6.45, 7) is 0.277. The Balaban J connectivity index is 1.68. The molecular formula is C27H20N4O3. The van der Waals surface area contributed by atoms with Crippen LogP contribution in [0.25, 0.3) is 0 Å². The summed E-state index contributed by atoms with van der Waals surface area (Å²) in [5, 5.41) is 10.3. The van der Waals surface area contributed by atoms with E-state index < -0.39 is 22.8 Å². The second-order valence-corrected chi connectivity index (χ2v) is 8.66. The third kappa shape index (κ3) is 2.10. The Morgan fingerprint density at radius 1 is 0.882 bits per heavy atom. The number of fused-ring (bicyclic) bond motifs is 5. The number of nitrogens with two attached hydrogens (primary N) is 1. The van der Waals surface area contributed by atoms with E-state index >= 15 is 0 Å². The highest BCUT2D eigenvalue weighted by molar-refractivity contribution is 6.20. The van der Waals surface area contributed by atoms with Crippen LogP contribution in [0.15, 0.2) is 90.3 Å². The van der Waals surface area contributed by atoms with Gasteiger partial charge in [0.05, 0.1) is 12.2 Å². The van der Waals surface area contributed by atoms with Crippen LogP contribution in [-0.4, -0.2) is 18.9 Å². The summed E-state index contributed by atoms with van der Waals surface area (Å²) >= 11 is 0. The molecule has 0 saturated carbocycles. The van der Waals surface area contributed by atoms with E-state index in [1.165, 1.54) is 4.90 Å². The smallest absolute Gasteiger partial charge is 0.277 e. The Labute approximate surface area is 196 Å². The minimum Gasteiger partial charge on any atom is -0.455 e. The fourth-order valence-electron chi connectivity index (χ4n) is 5.74. The molecule has 0 fully saturated rings. The van der Waals surface area contributed by atoms with Crippen LogP contribution < -0.4 is 15.5 Å². The first-order valence-corrected chi connectivity index (χ1v) is 10.9.